The number of likely N-dealkylation sites (tertiary alicyclic amines) is 1. The SMILES string of the molecule is CCOC(=O)[C@@H]1CCCCN1CC(=O)N1N=C(c2ccc(F)cc2)C[C@@H]1c1ccccc1F. The van der Waals surface area contributed by atoms with Gasteiger partial charge in [-0.15, -0.1) is 0 Å². The van der Waals surface area contributed by atoms with E-state index in [1.165, 1.54) is 23.2 Å². The van der Waals surface area contributed by atoms with Crippen molar-refractivity contribution in [1.82, 2.24) is 9.91 Å². The summed E-state index contributed by atoms with van der Waals surface area (Å²) in [4.78, 5) is 27.6. The lowest BCUT2D eigenvalue weighted by Crippen LogP contribution is -2.49. The second-order valence-electron chi connectivity index (χ2n) is 8.27. The van der Waals surface area contributed by atoms with Crippen molar-refractivity contribution in [3.8, 4) is 0 Å². The minimum Gasteiger partial charge on any atom is -0.465 e. The number of carbonyl (C=O) groups is 2. The zero-order valence-corrected chi connectivity index (χ0v) is 18.5. The Morgan fingerprint density at radius 2 is 1.85 bits per heavy atom. The lowest BCUT2D eigenvalue weighted by Gasteiger charge is -2.34. The second kappa shape index (κ2) is 10.2. The summed E-state index contributed by atoms with van der Waals surface area (Å²) in [5.74, 6) is -1.44. The number of benzene rings is 2. The van der Waals surface area contributed by atoms with E-state index in [0.29, 0.717) is 36.2 Å². The molecule has 174 valence electrons. The summed E-state index contributed by atoms with van der Waals surface area (Å²) in [5.41, 5.74) is 1.62. The average molecular weight is 456 g/mol. The maximum atomic E-state index is 14.7. The van der Waals surface area contributed by atoms with Gasteiger partial charge in [0.05, 0.1) is 24.9 Å². The number of hydrogen-bond acceptors (Lipinski definition) is 5. The molecule has 0 N–H and O–H groups in total. The Kier molecular flexibility index (Phi) is 7.13. The van der Waals surface area contributed by atoms with Crippen molar-refractivity contribution in [3.05, 3.63) is 71.3 Å². The monoisotopic (exact) mass is 455 g/mol. The van der Waals surface area contributed by atoms with E-state index in [-0.39, 0.29) is 30.8 Å². The fraction of sp³-hybridized carbons (Fsp3) is 0.400. The van der Waals surface area contributed by atoms with E-state index < -0.39 is 17.9 Å². The van der Waals surface area contributed by atoms with Crippen molar-refractivity contribution in [2.24, 2.45) is 5.10 Å². The summed E-state index contributed by atoms with van der Waals surface area (Å²) in [5, 5.41) is 5.84. The smallest absolute Gasteiger partial charge is 0.323 e. The molecule has 4 rings (SSSR count). The first kappa shape index (κ1) is 23.0. The average Bonchev–Trinajstić information content (AvgIpc) is 3.26. The summed E-state index contributed by atoms with van der Waals surface area (Å²) < 4.78 is 33.3. The Hall–Kier alpha value is -3.13. The normalized spacial score (nSPS) is 21.1. The van der Waals surface area contributed by atoms with Crippen molar-refractivity contribution in [1.29, 1.82) is 0 Å². The molecule has 0 aliphatic carbocycles. The van der Waals surface area contributed by atoms with Crippen LogP contribution in [0.25, 0.3) is 0 Å². The predicted molar refractivity (Wildman–Crippen MR) is 119 cm³/mol. The molecule has 1 saturated heterocycles. The van der Waals surface area contributed by atoms with Gasteiger partial charge in [0.1, 0.15) is 17.7 Å². The molecule has 2 aliphatic heterocycles. The number of nitrogens with zero attached hydrogens (tertiary/aromatic N) is 3. The van der Waals surface area contributed by atoms with Gasteiger partial charge in [0.2, 0.25) is 0 Å². The largest absolute Gasteiger partial charge is 0.465 e. The van der Waals surface area contributed by atoms with Crippen LogP contribution in [-0.2, 0) is 14.3 Å². The standard InChI is InChI=1S/C25H27F2N3O3/c1-2-33-25(32)22-9-5-6-14-29(22)16-24(31)30-23(19-7-3-4-8-20(19)27)15-21(28-30)17-10-12-18(26)13-11-17/h3-4,7-8,10-13,22-23H,2,5-6,9,14-16H2,1H3/t22-,23+/m0/s1. The maximum absolute atomic E-state index is 14.7. The maximum Gasteiger partial charge on any atom is 0.323 e. The van der Waals surface area contributed by atoms with Gasteiger partial charge in [0, 0.05) is 12.0 Å². The van der Waals surface area contributed by atoms with E-state index in [2.05, 4.69) is 5.10 Å². The predicted octanol–water partition coefficient (Wildman–Crippen LogP) is 4.06. The van der Waals surface area contributed by atoms with Gasteiger partial charge < -0.3 is 4.74 Å². The molecule has 6 nitrogen and oxygen atoms in total. The number of hydrogen-bond donors (Lipinski definition) is 0. The number of piperidine rings is 1. The minimum absolute atomic E-state index is 0.0192. The molecule has 0 saturated carbocycles. The van der Waals surface area contributed by atoms with Gasteiger partial charge in [0.15, 0.2) is 0 Å². The quantitative estimate of drug-likeness (QED) is 0.617. The first-order chi connectivity index (χ1) is 16.0. The lowest BCUT2D eigenvalue weighted by molar-refractivity contribution is -0.152. The molecule has 0 radical (unpaired) electrons. The highest BCUT2D eigenvalue weighted by Crippen LogP contribution is 2.34. The Balaban J connectivity index is 1.60. The third-order valence-corrected chi connectivity index (χ3v) is 6.12. The molecule has 2 aromatic rings. The molecular weight excluding hydrogens is 428 g/mol. The summed E-state index contributed by atoms with van der Waals surface area (Å²) >= 11 is 0. The molecule has 1 fully saturated rings. The van der Waals surface area contributed by atoms with Gasteiger partial charge in [-0.2, -0.15) is 5.10 Å². The fourth-order valence-corrected chi connectivity index (χ4v) is 4.48. The second-order valence-corrected chi connectivity index (χ2v) is 8.27. The molecule has 1 amide bonds. The highest BCUT2D eigenvalue weighted by atomic mass is 19.1. The van der Waals surface area contributed by atoms with Gasteiger partial charge in [-0.1, -0.05) is 36.8 Å². The number of amides is 1. The van der Waals surface area contributed by atoms with Gasteiger partial charge in [0.25, 0.3) is 5.91 Å². The molecule has 33 heavy (non-hydrogen) atoms. The van der Waals surface area contributed by atoms with Crippen LogP contribution >= 0.6 is 0 Å². The zero-order valence-electron chi connectivity index (χ0n) is 18.5. The third kappa shape index (κ3) is 5.11. The topological polar surface area (TPSA) is 62.2 Å². The van der Waals surface area contributed by atoms with Crippen LogP contribution in [0.4, 0.5) is 8.78 Å². The number of carbonyl (C=O) groups excluding carboxylic acids is 2. The Labute approximate surface area is 191 Å². The molecule has 2 atom stereocenters. The Morgan fingerprint density at radius 3 is 2.58 bits per heavy atom. The highest BCUT2D eigenvalue weighted by Gasteiger charge is 2.37. The number of esters is 1. The van der Waals surface area contributed by atoms with Crippen LogP contribution in [0.2, 0.25) is 0 Å². The lowest BCUT2D eigenvalue weighted by atomic mass is 9.98. The van der Waals surface area contributed by atoms with Crippen molar-refractivity contribution in [3.63, 3.8) is 0 Å². The van der Waals surface area contributed by atoms with Gasteiger partial charge >= 0.3 is 5.97 Å². The molecular formula is C25H27F2N3O3. The van der Waals surface area contributed by atoms with Crippen LogP contribution in [-0.4, -0.2) is 53.2 Å². The van der Waals surface area contributed by atoms with Gasteiger partial charge in [-0.3, -0.25) is 14.5 Å². The molecule has 0 unspecified atom stereocenters. The molecule has 2 heterocycles. The Bertz CT molecular complexity index is 1040. The van der Waals surface area contributed by atoms with E-state index in [0.717, 1.165) is 12.8 Å². The summed E-state index contributed by atoms with van der Waals surface area (Å²) in [6.07, 6.45) is 2.71. The van der Waals surface area contributed by atoms with Crippen molar-refractivity contribution in [2.75, 3.05) is 19.7 Å². The van der Waals surface area contributed by atoms with Crippen molar-refractivity contribution in [2.45, 2.75) is 44.7 Å². The first-order valence-corrected chi connectivity index (χ1v) is 11.3. The van der Waals surface area contributed by atoms with E-state index in [9.17, 15) is 18.4 Å². The van der Waals surface area contributed by atoms with Crippen LogP contribution in [0.1, 0.15) is 49.8 Å². The van der Waals surface area contributed by atoms with Crippen LogP contribution < -0.4 is 0 Å². The van der Waals surface area contributed by atoms with Crippen molar-refractivity contribution >= 4 is 17.6 Å². The van der Waals surface area contributed by atoms with Crippen LogP contribution in [0.3, 0.4) is 0 Å². The summed E-state index contributed by atoms with van der Waals surface area (Å²) in [6, 6.07) is 11.1. The van der Waals surface area contributed by atoms with Crippen LogP contribution in [0, 0.1) is 11.6 Å². The minimum atomic E-state index is -0.621. The fourth-order valence-electron chi connectivity index (χ4n) is 4.48. The van der Waals surface area contributed by atoms with Gasteiger partial charge in [-0.25, -0.2) is 13.8 Å². The zero-order chi connectivity index (χ0) is 23.4. The molecule has 0 aromatic heterocycles. The molecule has 8 heteroatoms. The first-order valence-electron chi connectivity index (χ1n) is 11.3. The molecule has 0 bridgehead atoms. The Morgan fingerprint density at radius 1 is 1.09 bits per heavy atom. The summed E-state index contributed by atoms with van der Waals surface area (Å²) in [7, 11) is 0. The number of rotatable bonds is 6. The van der Waals surface area contributed by atoms with Crippen LogP contribution in [0.15, 0.2) is 53.6 Å². The number of ether oxygens (including phenoxy) is 1. The number of hydrazone groups is 1. The van der Waals surface area contributed by atoms with E-state index in [4.69, 9.17) is 4.74 Å². The van der Waals surface area contributed by atoms with Gasteiger partial charge in [-0.05, 0) is 50.1 Å². The molecule has 0 spiro atoms. The van der Waals surface area contributed by atoms with Crippen molar-refractivity contribution < 1.29 is 23.1 Å². The molecule has 2 aliphatic rings. The third-order valence-electron chi connectivity index (χ3n) is 6.12. The number of halogens is 2. The van der Waals surface area contributed by atoms with E-state index in [1.807, 2.05) is 4.90 Å². The van der Waals surface area contributed by atoms with E-state index in [1.54, 1.807) is 37.3 Å². The summed E-state index contributed by atoms with van der Waals surface area (Å²) in [6.45, 7) is 2.62. The van der Waals surface area contributed by atoms with E-state index >= 15 is 0 Å². The molecule has 2 aromatic carbocycles. The van der Waals surface area contributed by atoms with Crippen LogP contribution in [0.5, 0.6) is 0 Å². The highest BCUT2D eigenvalue weighted by molar-refractivity contribution is 6.03.